The summed E-state index contributed by atoms with van der Waals surface area (Å²) in [6, 6.07) is 17.6. The molecule has 0 aliphatic heterocycles. The topological polar surface area (TPSA) is 101 Å². The number of amides is 1. The number of aryl methyl sites for hydroxylation is 1. The van der Waals surface area contributed by atoms with Crippen LogP contribution in [-0.4, -0.2) is 41.3 Å². The number of carbonyl (C=O) groups is 1. The van der Waals surface area contributed by atoms with Gasteiger partial charge in [-0.15, -0.1) is 0 Å². The summed E-state index contributed by atoms with van der Waals surface area (Å²) < 4.78 is 26.3. The minimum Gasteiger partial charge on any atom is -0.394 e. The summed E-state index contributed by atoms with van der Waals surface area (Å²) in [7, 11) is -3.38. The lowest BCUT2D eigenvalue weighted by atomic mass is 10.1. The van der Waals surface area contributed by atoms with Gasteiger partial charge in [-0.2, -0.15) is 0 Å². The number of benzene rings is 2. The van der Waals surface area contributed by atoms with E-state index in [1.807, 2.05) is 36.4 Å². The van der Waals surface area contributed by atoms with Crippen LogP contribution in [0.4, 0.5) is 0 Å². The molecule has 2 aromatic heterocycles. The Bertz CT molecular complexity index is 1480. The maximum Gasteiger partial charge on any atom is 0.251 e. The number of pyridine rings is 1. The van der Waals surface area contributed by atoms with Gasteiger partial charge in [0.25, 0.3) is 5.91 Å². The number of rotatable bonds is 9. The van der Waals surface area contributed by atoms with Crippen molar-refractivity contribution in [1.82, 2.24) is 14.9 Å². The van der Waals surface area contributed by atoms with Gasteiger partial charge in [0, 0.05) is 46.3 Å². The largest absolute Gasteiger partial charge is 0.394 e. The first-order valence-electron chi connectivity index (χ1n) is 11.7. The summed E-state index contributed by atoms with van der Waals surface area (Å²) in [6.45, 7) is 4.06. The van der Waals surface area contributed by atoms with Crippen molar-refractivity contribution in [3.63, 3.8) is 0 Å². The lowest BCUT2D eigenvalue weighted by Gasteiger charge is -2.16. The molecular formula is C27H28ClN3O4S. The van der Waals surface area contributed by atoms with Crippen molar-refractivity contribution in [2.75, 3.05) is 12.4 Å². The van der Waals surface area contributed by atoms with Gasteiger partial charge in [0.2, 0.25) is 0 Å². The molecule has 4 aromatic rings. The van der Waals surface area contributed by atoms with Crippen LogP contribution in [-0.2, 0) is 22.8 Å². The number of aliphatic hydroxyl groups is 1. The second kappa shape index (κ2) is 10.8. The van der Waals surface area contributed by atoms with Crippen molar-refractivity contribution in [2.45, 2.75) is 37.8 Å². The first-order chi connectivity index (χ1) is 17.2. The second-order valence-electron chi connectivity index (χ2n) is 8.49. The van der Waals surface area contributed by atoms with Crippen molar-refractivity contribution in [2.24, 2.45) is 0 Å². The summed E-state index contributed by atoms with van der Waals surface area (Å²) in [5.74, 6) is -0.385. The Morgan fingerprint density at radius 1 is 1.08 bits per heavy atom. The molecule has 188 valence electrons. The van der Waals surface area contributed by atoms with Crippen LogP contribution in [0.1, 0.15) is 47.2 Å². The van der Waals surface area contributed by atoms with Crippen molar-refractivity contribution in [3.8, 4) is 0 Å². The van der Waals surface area contributed by atoms with E-state index in [2.05, 4.69) is 27.9 Å². The van der Waals surface area contributed by atoms with E-state index in [1.165, 1.54) is 18.3 Å². The molecule has 2 heterocycles. The highest BCUT2D eigenvalue weighted by Gasteiger charge is 2.19. The fraction of sp³-hybridized carbons (Fsp3) is 0.259. The highest BCUT2D eigenvalue weighted by molar-refractivity contribution is 7.91. The molecule has 2 N–H and O–H groups in total. The molecule has 0 fully saturated rings. The van der Waals surface area contributed by atoms with E-state index in [0.717, 1.165) is 35.1 Å². The van der Waals surface area contributed by atoms with Crippen LogP contribution >= 0.6 is 11.6 Å². The molecule has 36 heavy (non-hydrogen) atoms. The minimum absolute atomic E-state index is 0.0299. The molecule has 9 heteroatoms. The molecule has 0 aliphatic rings. The highest BCUT2D eigenvalue weighted by Crippen LogP contribution is 2.25. The van der Waals surface area contributed by atoms with Crippen LogP contribution in [0.5, 0.6) is 0 Å². The fourth-order valence-electron chi connectivity index (χ4n) is 4.20. The summed E-state index contributed by atoms with van der Waals surface area (Å²) in [5, 5.41) is 14.3. The van der Waals surface area contributed by atoms with Gasteiger partial charge in [0.15, 0.2) is 9.84 Å². The number of hydrogen-bond donors (Lipinski definition) is 2. The summed E-state index contributed by atoms with van der Waals surface area (Å²) in [6.07, 6.45) is 1.99. The molecule has 1 atom stereocenters. The van der Waals surface area contributed by atoms with Crippen LogP contribution in [0, 0.1) is 0 Å². The number of fused-ring (bicyclic) bond motifs is 1. The van der Waals surface area contributed by atoms with E-state index >= 15 is 0 Å². The lowest BCUT2D eigenvalue weighted by Crippen LogP contribution is -2.31. The zero-order valence-corrected chi connectivity index (χ0v) is 21.7. The maximum absolute atomic E-state index is 13.0. The monoisotopic (exact) mass is 525 g/mol. The average molecular weight is 526 g/mol. The molecule has 0 aliphatic carbocycles. The van der Waals surface area contributed by atoms with Gasteiger partial charge < -0.3 is 15.0 Å². The number of aliphatic hydroxyl groups excluding tert-OH is 1. The predicted molar refractivity (Wildman–Crippen MR) is 141 cm³/mol. The Labute approximate surface area is 215 Å². The third-order valence-electron chi connectivity index (χ3n) is 6.21. The van der Waals surface area contributed by atoms with Crippen molar-refractivity contribution in [1.29, 1.82) is 0 Å². The first kappa shape index (κ1) is 25.9. The molecule has 2 aromatic carbocycles. The average Bonchev–Trinajstić information content (AvgIpc) is 3.24. The Kier molecular flexibility index (Phi) is 7.78. The van der Waals surface area contributed by atoms with Gasteiger partial charge in [0.1, 0.15) is 0 Å². The molecular weight excluding hydrogens is 498 g/mol. The fourth-order valence-corrected chi connectivity index (χ4v) is 5.15. The third kappa shape index (κ3) is 5.46. The minimum atomic E-state index is -3.38. The van der Waals surface area contributed by atoms with Gasteiger partial charge in [0.05, 0.1) is 29.0 Å². The van der Waals surface area contributed by atoms with Crippen molar-refractivity contribution in [3.05, 3.63) is 94.4 Å². The molecule has 0 radical (unpaired) electrons. The number of carbonyl (C=O) groups excluding carboxylic acids is 1. The number of hydrogen-bond acceptors (Lipinski definition) is 5. The van der Waals surface area contributed by atoms with Gasteiger partial charge in [-0.1, -0.05) is 30.7 Å². The maximum atomic E-state index is 13.0. The van der Waals surface area contributed by atoms with Gasteiger partial charge in [-0.05, 0) is 61.0 Å². The number of aromatic nitrogens is 2. The second-order valence-corrected chi connectivity index (χ2v) is 11.2. The first-order valence-corrected chi connectivity index (χ1v) is 13.8. The van der Waals surface area contributed by atoms with Gasteiger partial charge >= 0.3 is 0 Å². The van der Waals surface area contributed by atoms with Crippen molar-refractivity contribution < 1.29 is 18.3 Å². The van der Waals surface area contributed by atoms with E-state index in [0.29, 0.717) is 16.3 Å². The number of nitrogens with one attached hydrogen (secondary N) is 1. The molecule has 1 unspecified atom stereocenters. The summed E-state index contributed by atoms with van der Waals surface area (Å²) in [4.78, 5) is 17.3. The number of sulfone groups is 1. The van der Waals surface area contributed by atoms with Crippen LogP contribution in [0.3, 0.4) is 0 Å². The summed E-state index contributed by atoms with van der Waals surface area (Å²) in [5.41, 5.74) is 4.14. The lowest BCUT2D eigenvalue weighted by molar-refractivity contribution is 0.0915. The summed E-state index contributed by atoms with van der Waals surface area (Å²) >= 11 is 6.01. The Morgan fingerprint density at radius 2 is 1.83 bits per heavy atom. The van der Waals surface area contributed by atoms with Crippen LogP contribution in [0.2, 0.25) is 5.02 Å². The Hall–Kier alpha value is -3.20. The normalized spacial score (nSPS) is 12.6. The van der Waals surface area contributed by atoms with Crippen molar-refractivity contribution >= 4 is 38.2 Å². The molecule has 0 spiro atoms. The standard InChI is InChI=1S/C27H28ClN3O4S/c1-3-31-22(13-18-5-8-21(28)9-6-18)15-20-14-19(7-12-26(20)31)27(33)30-25(17-32)24-11-10-23(16-29-24)36(34,35)4-2/h5-12,14-16,25,32H,3-4,13,17H2,1-2H3,(H,30,33). The SMILES string of the molecule is CCn1c(Cc2ccc(Cl)cc2)cc2cc(C(=O)NC(CO)c3ccc(S(=O)(=O)CC)cn3)ccc21. The molecule has 1 amide bonds. The van der Waals surface area contributed by atoms with E-state index in [1.54, 1.807) is 13.0 Å². The van der Waals surface area contributed by atoms with Crippen LogP contribution in [0.25, 0.3) is 10.9 Å². The van der Waals surface area contributed by atoms with Crippen LogP contribution in [0.15, 0.2) is 71.8 Å². The van der Waals surface area contributed by atoms with E-state index < -0.39 is 15.9 Å². The molecule has 7 nitrogen and oxygen atoms in total. The highest BCUT2D eigenvalue weighted by atomic mass is 35.5. The Balaban J connectivity index is 1.56. The number of halogens is 1. The van der Waals surface area contributed by atoms with Gasteiger partial charge in [-0.3, -0.25) is 9.78 Å². The molecule has 4 rings (SSSR count). The van der Waals surface area contributed by atoms with E-state index in [4.69, 9.17) is 11.6 Å². The Morgan fingerprint density at radius 3 is 2.44 bits per heavy atom. The van der Waals surface area contributed by atoms with E-state index in [9.17, 15) is 18.3 Å². The zero-order valence-electron chi connectivity index (χ0n) is 20.1. The molecule has 0 bridgehead atoms. The number of nitrogens with zero attached hydrogens (tertiary/aromatic N) is 2. The molecule has 0 saturated carbocycles. The smallest absolute Gasteiger partial charge is 0.251 e. The zero-order chi connectivity index (χ0) is 25.9. The van der Waals surface area contributed by atoms with E-state index in [-0.39, 0.29) is 23.2 Å². The predicted octanol–water partition coefficient (Wildman–Crippen LogP) is 4.56. The quantitative estimate of drug-likeness (QED) is 0.333. The van der Waals surface area contributed by atoms with Gasteiger partial charge in [-0.25, -0.2) is 8.42 Å². The molecule has 0 saturated heterocycles. The third-order valence-corrected chi connectivity index (χ3v) is 8.18. The van der Waals surface area contributed by atoms with Crippen LogP contribution < -0.4 is 5.32 Å².